The Labute approximate surface area is 78.8 Å². The van der Waals surface area contributed by atoms with Gasteiger partial charge in [0.05, 0.1) is 0 Å². The maximum atomic E-state index is 8.52. The second-order valence-corrected chi connectivity index (χ2v) is 1.50. The molecule has 0 bridgehead atoms. The van der Waals surface area contributed by atoms with Gasteiger partial charge in [0.2, 0.25) is 0 Å². The van der Waals surface area contributed by atoms with E-state index in [0.29, 0.717) is 0 Å². The van der Waals surface area contributed by atoms with Crippen molar-refractivity contribution in [3.8, 4) is 0 Å². The molecule has 0 amide bonds. The number of rotatable bonds is 0. The van der Waals surface area contributed by atoms with Gasteiger partial charge >= 0.3 is 32.7 Å². The average Bonchev–Trinajstić information content (AvgIpc) is 1.25. The zero-order valence-corrected chi connectivity index (χ0v) is 8.87. The summed E-state index contributed by atoms with van der Waals surface area (Å²) in [6.45, 7) is 0. The monoisotopic (exact) mass is 241 g/mol. The maximum absolute atomic E-state index is 8.52. The number of hydrogen-bond donors (Lipinski definition) is 0. The summed E-state index contributed by atoms with van der Waals surface area (Å²) >= 11 is 0. The van der Waals surface area contributed by atoms with Crippen LogP contribution in [-0.2, 0) is 41.6 Å². The summed E-state index contributed by atoms with van der Waals surface area (Å²) in [5, 5.41) is 0. The van der Waals surface area contributed by atoms with Crippen LogP contribution >= 0.6 is 0 Å². The van der Waals surface area contributed by atoms with Gasteiger partial charge in [-0.1, -0.05) is 0 Å². The van der Waals surface area contributed by atoms with Crippen molar-refractivity contribution in [2.75, 3.05) is 0 Å². The van der Waals surface area contributed by atoms with Crippen molar-refractivity contribution in [1.82, 2.24) is 0 Å². The Morgan fingerprint density at radius 3 is 0.778 bits per heavy atom. The fourth-order valence-electron chi connectivity index (χ4n) is 0. The minimum atomic E-state index is -3.63. The van der Waals surface area contributed by atoms with Crippen LogP contribution in [0.25, 0.3) is 0 Å². The largest absolute Gasteiger partial charge is 3.00 e. The molecule has 0 saturated carbocycles. The SMILES string of the molecule is O=[Si]([O-])[O-].O=[Si]([O-])[O-].[Y+3]. The molecule has 0 aliphatic carbocycles. The summed E-state index contributed by atoms with van der Waals surface area (Å²) in [4.78, 5) is 34.1. The van der Waals surface area contributed by atoms with Crippen LogP contribution in [-0.4, -0.2) is 18.3 Å². The van der Waals surface area contributed by atoms with Gasteiger partial charge in [-0.05, 0) is 0 Å². The Kier molecular flexibility index (Phi) is 20.1. The molecule has 9 heteroatoms. The van der Waals surface area contributed by atoms with Gasteiger partial charge in [-0.3, -0.25) is 0 Å². The average molecular weight is 241 g/mol. The Bertz CT molecular complexity index is 69.1. The molecule has 0 aliphatic heterocycles. The van der Waals surface area contributed by atoms with E-state index in [2.05, 4.69) is 0 Å². The van der Waals surface area contributed by atoms with Crippen molar-refractivity contribution in [1.29, 1.82) is 0 Å². The van der Waals surface area contributed by atoms with Gasteiger partial charge in [0.25, 0.3) is 0 Å². The Hall–Kier alpha value is 0.338. The molecule has 0 radical (unpaired) electrons. The summed E-state index contributed by atoms with van der Waals surface area (Å²) in [6, 6.07) is 0. The zero-order chi connectivity index (χ0) is 7.15. The summed E-state index contributed by atoms with van der Waals surface area (Å²) in [5.74, 6) is 0. The van der Waals surface area contributed by atoms with E-state index in [4.69, 9.17) is 28.1 Å². The van der Waals surface area contributed by atoms with E-state index in [1.165, 1.54) is 0 Å². The molecule has 0 heterocycles. The van der Waals surface area contributed by atoms with Gasteiger partial charge in [0.15, 0.2) is 0 Å². The first-order chi connectivity index (χ1) is 3.46. The van der Waals surface area contributed by atoms with E-state index in [-0.39, 0.29) is 32.7 Å². The van der Waals surface area contributed by atoms with Crippen molar-refractivity contribution in [2.24, 2.45) is 0 Å². The van der Waals surface area contributed by atoms with Gasteiger partial charge in [-0.2, -0.15) is 0 Å². The molecule has 0 spiro atoms. The minimum Gasteiger partial charge on any atom is -0.672 e. The summed E-state index contributed by atoms with van der Waals surface area (Å²) in [6.07, 6.45) is 0. The molecule has 0 aromatic rings. The standard InChI is InChI=1S/2O3Si.Y/c2*1-4(2)3;/q2*-2;+3. The van der Waals surface area contributed by atoms with Crippen molar-refractivity contribution < 1.29 is 60.8 Å². The van der Waals surface area contributed by atoms with Gasteiger partial charge < -0.3 is 28.1 Å². The van der Waals surface area contributed by atoms with Crippen molar-refractivity contribution in [2.45, 2.75) is 0 Å². The molecule has 0 aromatic heterocycles. The second kappa shape index (κ2) is 11.2. The molecule has 0 atom stereocenters. The van der Waals surface area contributed by atoms with Crippen LogP contribution in [0.1, 0.15) is 0 Å². The quantitative estimate of drug-likeness (QED) is 0.389. The third-order valence-corrected chi connectivity index (χ3v) is 0. The van der Waals surface area contributed by atoms with Crippen LogP contribution in [0, 0.1) is 0 Å². The van der Waals surface area contributed by atoms with Crippen molar-refractivity contribution >= 4 is 18.3 Å². The predicted octanol–water partition coefficient (Wildman–Crippen LogP) is -5.76. The van der Waals surface area contributed by atoms with Crippen molar-refractivity contribution in [3.63, 3.8) is 0 Å². The van der Waals surface area contributed by atoms with Crippen molar-refractivity contribution in [3.05, 3.63) is 0 Å². The molecule has 0 fully saturated rings. The Morgan fingerprint density at radius 2 is 0.778 bits per heavy atom. The molecular weight excluding hydrogens is 241 g/mol. The van der Waals surface area contributed by atoms with E-state index >= 15 is 0 Å². The zero-order valence-electron chi connectivity index (χ0n) is 4.03. The first-order valence-corrected chi connectivity index (χ1v) is 3.67. The molecular formula is O6Si2Y-. The Balaban J connectivity index is -0.0000000720. The van der Waals surface area contributed by atoms with E-state index in [9.17, 15) is 0 Å². The van der Waals surface area contributed by atoms with Gasteiger partial charge in [-0.15, -0.1) is 0 Å². The third-order valence-electron chi connectivity index (χ3n) is 0. The first-order valence-electron chi connectivity index (χ1n) is 1.22. The normalized spacial score (nSPS) is 5.33. The molecule has 0 aliphatic rings. The molecule has 48 valence electrons. The summed E-state index contributed by atoms with van der Waals surface area (Å²) in [5.41, 5.74) is 0. The fourth-order valence-corrected chi connectivity index (χ4v) is 0. The van der Waals surface area contributed by atoms with E-state index in [0.717, 1.165) is 0 Å². The maximum Gasteiger partial charge on any atom is 3.00 e. The molecule has 0 rings (SSSR count). The van der Waals surface area contributed by atoms with Crippen LogP contribution in [0.4, 0.5) is 0 Å². The van der Waals surface area contributed by atoms with Gasteiger partial charge in [0.1, 0.15) is 0 Å². The summed E-state index contributed by atoms with van der Waals surface area (Å²) in [7, 11) is -7.26. The second-order valence-electron chi connectivity index (χ2n) is 0.500. The third kappa shape index (κ3) is 2940. The Morgan fingerprint density at radius 1 is 0.778 bits per heavy atom. The van der Waals surface area contributed by atoms with Gasteiger partial charge in [-0.25, -0.2) is 0 Å². The fraction of sp³-hybridized carbons (Fsp3) is 0. The van der Waals surface area contributed by atoms with Gasteiger partial charge in [0, 0.05) is 18.3 Å². The van der Waals surface area contributed by atoms with E-state index < -0.39 is 18.3 Å². The molecule has 6 nitrogen and oxygen atoms in total. The van der Waals surface area contributed by atoms with Crippen LogP contribution in [0.15, 0.2) is 0 Å². The molecule has 0 saturated heterocycles. The molecule has 0 unspecified atom stereocenters. The minimum absolute atomic E-state index is 0. The molecule has 9 heavy (non-hydrogen) atoms. The van der Waals surface area contributed by atoms with Crippen LogP contribution in [0.5, 0.6) is 0 Å². The first kappa shape index (κ1) is 16.2. The topological polar surface area (TPSA) is 126 Å². The van der Waals surface area contributed by atoms with E-state index in [1.807, 2.05) is 0 Å². The van der Waals surface area contributed by atoms with E-state index in [1.54, 1.807) is 0 Å². The summed E-state index contributed by atoms with van der Waals surface area (Å²) < 4.78 is 17.0. The predicted molar refractivity (Wildman–Crippen MR) is 12.9 cm³/mol. The smallest absolute Gasteiger partial charge is 0.672 e. The van der Waals surface area contributed by atoms with Crippen LogP contribution in [0.2, 0.25) is 0 Å². The molecule has 0 aromatic carbocycles. The number of hydrogen-bond acceptors (Lipinski definition) is 6. The molecule has 0 N–H and O–H groups in total. The van der Waals surface area contributed by atoms with Crippen LogP contribution in [0.3, 0.4) is 0 Å². The van der Waals surface area contributed by atoms with Crippen LogP contribution < -0.4 is 19.2 Å².